The van der Waals surface area contributed by atoms with Gasteiger partial charge in [-0.1, -0.05) is 13.8 Å². The van der Waals surface area contributed by atoms with E-state index in [2.05, 4.69) is 9.82 Å². The lowest BCUT2D eigenvalue weighted by Crippen LogP contribution is -2.28. The molecule has 0 aromatic carbocycles. The molecule has 0 fully saturated rings. The minimum atomic E-state index is -3.55. The minimum absolute atomic E-state index is 0.0382. The first-order valence-corrected chi connectivity index (χ1v) is 6.52. The normalized spacial score (nSPS) is 12.3. The van der Waals surface area contributed by atoms with Crippen molar-refractivity contribution in [3.05, 3.63) is 5.69 Å². The van der Waals surface area contributed by atoms with Crippen molar-refractivity contribution in [1.82, 2.24) is 14.5 Å². The first-order valence-electron chi connectivity index (χ1n) is 5.04. The van der Waals surface area contributed by atoms with Crippen LogP contribution >= 0.6 is 0 Å². The fraction of sp³-hybridized carbons (Fsp3) is 0.667. The van der Waals surface area contributed by atoms with Crippen molar-refractivity contribution >= 4 is 15.8 Å². The average molecular weight is 246 g/mol. The van der Waals surface area contributed by atoms with Crippen LogP contribution in [0.2, 0.25) is 0 Å². The zero-order valence-corrected chi connectivity index (χ0v) is 10.8. The summed E-state index contributed by atoms with van der Waals surface area (Å²) in [5.74, 6) is 0.282. The first kappa shape index (κ1) is 13.0. The van der Waals surface area contributed by atoms with Gasteiger partial charge in [0.15, 0.2) is 5.82 Å². The van der Waals surface area contributed by atoms with E-state index in [1.807, 2.05) is 13.8 Å². The average Bonchev–Trinajstić information content (AvgIpc) is 2.38. The first-order chi connectivity index (χ1) is 7.25. The number of nitrogen functional groups attached to an aromatic ring is 1. The largest absolute Gasteiger partial charge is 0.381 e. The maximum Gasteiger partial charge on any atom is 0.246 e. The molecule has 0 saturated heterocycles. The molecular formula is C9H18N4O2S. The molecule has 3 N–H and O–H groups in total. The van der Waals surface area contributed by atoms with Crippen molar-refractivity contribution in [3.8, 4) is 0 Å². The molecule has 0 unspecified atom stereocenters. The van der Waals surface area contributed by atoms with E-state index < -0.39 is 10.0 Å². The number of nitrogens with two attached hydrogens (primary N) is 1. The van der Waals surface area contributed by atoms with Gasteiger partial charge in [0.1, 0.15) is 4.90 Å². The molecule has 16 heavy (non-hydrogen) atoms. The van der Waals surface area contributed by atoms with Crippen LogP contribution in [0.15, 0.2) is 4.90 Å². The van der Waals surface area contributed by atoms with Gasteiger partial charge >= 0.3 is 0 Å². The Morgan fingerprint density at radius 2 is 2.06 bits per heavy atom. The molecule has 92 valence electrons. The van der Waals surface area contributed by atoms with E-state index in [1.165, 1.54) is 4.68 Å². The molecule has 1 heterocycles. The maximum absolute atomic E-state index is 11.9. The van der Waals surface area contributed by atoms with Crippen LogP contribution in [0, 0.1) is 12.8 Å². The second-order valence-corrected chi connectivity index (χ2v) is 5.87. The Bertz CT molecular complexity index is 476. The molecule has 1 aromatic rings. The lowest BCUT2D eigenvalue weighted by atomic mass is 10.2. The molecule has 0 radical (unpaired) electrons. The van der Waals surface area contributed by atoms with Crippen LogP contribution in [-0.4, -0.2) is 24.7 Å². The van der Waals surface area contributed by atoms with Gasteiger partial charge in [0.25, 0.3) is 0 Å². The number of hydrogen-bond donors (Lipinski definition) is 2. The van der Waals surface area contributed by atoms with Gasteiger partial charge in [-0.3, -0.25) is 4.68 Å². The molecule has 7 heteroatoms. The smallest absolute Gasteiger partial charge is 0.246 e. The zero-order valence-electron chi connectivity index (χ0n) is 9.98. The molecule has 0 spiro atoms. The number of rotatable bonds is 4. The molecule has 0 aliphatic rings. The van der Waals surface area contributed by atoms with E-state index in [1.54, 1.807) is 14.0 Å². The summed E-state index contributed by atoms with van der Waals surface area (Å²) in [6.07, 6.45) is 0. The number of sulfonamides is 1. The van der Waals surface area contributed by atoms with Crippen molar-refractivity contribution in [2.24, 2.45) is 13.0 Å². The fourth-order valence-electron chi connectivity index (χ4n) is 1.29. The predicted molar refractivity (Wildman–Crippen MR) is 62.4 cm³/mol. The third-order valence-electron chi connectivity index (χ3n) is 2.25. The molecule has 0 aliphatic heterocycles. The highest BCUT2D eigenvalue weighted by atomic mass is 32.2. The zero-order chi connectivity index (χ0) is 12.5. The Labute approximate surface area is 95.9 Å². The molecule has 0 amide bonds. The van der Waals surface area contributed by atoms with Gasteiger partial charge in [0, 0.05) is 13.6 Å². The van der Waals surface area contributed by atoms with E-state index in [0.29, 0.717) is 12.2 Å². The second kappa shape index (κ2) is 4.42. The number of nitrogens with zero attached hydrogens (tertiary/aromatic N) is 2. The van der Waals surface area contributed by atoms with E-state index >= 15 is 0 Å². The van der Waals surface area contributed by atoms with Gasteiger partial charge in [0.2, 0.25) is 10.0 Å². The van der Waals surface area contributed by atoms with Crippen molar-refractivity contribution in [2.75, 3.05) is 12.3 Å². The van der Waals surface area contributed by atoms with E-state index in [4.69, 9.17) is 5.73 Å². The van der Waals surface area contributed by atoms with Crippen molar-refractivity contribution < 1.29 is 8.42 Å². The number of anilines is 1. The summed E-state index contributed by atoms with van der Waals surface area (Å²) < 4.78 is 27.9. The summed E-state index contributed by atoms with van der Waals surface area (Å²) in [4.78, 5) is 0.0793. The Hall–Kier alpha value is -1.08. The molecule has 0 saturated carbocycles. The Balaban J connectivity index is 3.08. The Kier molecular flexibility index (Phi) is 3.59. The van der Waals surface area contributed by atoms with Crippen LogP contribution in [0.25, 0.3) is 0 Å². The van der Waals surface area contributed by atoms with Gasteiger partial charge < -0.3 is 5.73 Å². The minimum Gasteiger partial charge on any atom is -0.381 e. The van der Waals surface area contributed by atoms with Gasteiger partial charge in [-0.2, -0.15) is 5.10 Å². The summed E-state index contributed by atoms with van der Waals surface area (Å²) in [5, 5.41) is 3.88. The standard InChI is InChI=1S/C9H18N4O2S/c1-6(2)5-11-16(14,15)8-7(3)13(4)12-9(8)10/h6,11H,5H2,1-4H3,(H2,10,12). The quantitative estimate of drug-likeness (QED) is 0.796. The predicted octanol–water partition coefficient (Wildman–Crippen LogP) is 0.245. The summed E-state index contributed by atoms with van der Waals surface area (Å²) >= 11 is 0. The Morgan fingerprint density at radius 3 is 2.44 bits per heavy atom. The van der Waals surface area contributed by atoms with Crippen LogP contribution in [0.4, 0.5) is 5.82 Å². The van der Waals surface area contributed by atoms with E-state index in [-0.39, 0.29) is 16.6 Å². The highest BCUT2D eigenvalue weighted by Gasteiger charge is 2.24. The summed E-state index contributed by atoms with van der Waals surface area (Å²) in [6, 6.07) is 0. The van der Waals surface area contributed by atoms with Crippen LogP contribution < -0.4 is 10.5 Å². The molecule has 1 rings (SSSR count). The summed E-state index contributed by atoms with van der Waals surface area (Å²) in [7, 11) is -1.89. The molecule has 0 bridgehead atoms. The third-order valence-corrected chi connectivity index (χ3v) is 3.84. The number of hydrogen-bond acceptors (Lipinski definition) is 4. The Morgan fingerprint density at radius 1 is 1.50 bits per heavy atom. The van der Waals surface area contributed by atoms with E-state index in [0.717, 1.165) is 0 Å². The van der Waals surface area contributed by atoms with Crippen molar-refractivity contribution in [3.63, 3.8) is 0 Å². The van der Waals surface area contributed by atoms with Crippen LogP contribution in [0.5, 0.6) is 0 Å². The molecule has 6 nitrogen and oxygen atoms in total. The monoisotopic (exact) mass is 246 g/mol. The summed E-state index contributed by atoms with van der Waals surface area (Å²) in [6.45, 7) is 5.92. The third kappa shape index (κ3) is 2.53. The fourth-order valence-corrected chi connectivity index (χ4v) is 2.83. The second-order valence-electron chi connectivity index (χ2n) is 4.17. The number of aromatic nitrogens is 2. The highest BCUT2D eigenvalue weighted by Crippen LogP contribution is 2.20. The molecular weight excluding hydrogens is 228 g/mol. The topological polar surface area (TPSA) is 90.0 Å². The summed E-state index contributed by atoms with van der Waals surface area (Å²) in [5.41, 5.74) is 6.12. The van der Waals surface area contributed by atoms with Gasteiger partial charge in [0.05, 0.1) is 5.69 Å². The van der Waals surface area contributed by atoms with Gasteiger partial charge in [-0.15, -0.1) is 0 Å². The van der Waals surface area contributed by atoms with E-state index in [9.17, 15) is 8.42 Å². The number of aryl methyl sites for hydroxylation is 1. The number of nitrogens with one attached hydrogen (secondary N) is 1. The van der Waals surface area contributed by atoms with Gasteiger partial charge in [-0.25, -0.2) is 13.1 Å². The molecule has 1 aromatic heterocycles. The van der Waals surface area contributed by atoms with Crippen LogP contribution in [0.3, 0.4) is 0 Å². The van der Waals surface area contributed by atoms with Crippen molar-refractivity contribution in [2.45, 2.75) is 25.7 Å². The molecule has 0 atom stereocenters. The highest BCUT2D eigenvalue weighted by molar-refractivity contribution is 7.89. The van der Waals surface area contributed by atoms with Crippen molar-refractivity contribution in [1.29, 1.82) is 0 Å². The van der Waals surface area contributed by atoms with Crippen LogP contribution in [0.1, 0.15) is 19.5 Å². The lowest BCUT2D eigenvalue weighted by Gasteiger charge is -2.08. The maximum atomic E-state index is 11.9. The van der Waals surface area contributed by atoms with Gasteiger partial charge in [-0.05, 0) is 12.8 Å². The molecule has 0 aliphatic carbocycles. The lowest BCUT2D eigenvalue weighted by molar-refractivity contribution is 0.559. The SMILES string of the molecule is Cc1c(S(=O)(=O)NCC(C)C)c(N)nn1C. The van der Waals surface area contributed by atoms with Crippen LogP contribution in [-0.2, 0) is 17.1 Å².